The van der Waals surface area contributed by atoms with E-state index in [-0.39, 0.29) is 0 Å². The smallest absolute Gasteiger partial charge is 0.175 e. The Bertz CT molecular complexity index is 738. The van der Waals surface area contributed by atoms with Gasteiger partial charge >= 0.3 is 0 Å². The average molecular weight is 379 g/mol. The van der Waals surface area contributed by atoms with Crippen molar-refractivity contribution in [1.29, 1.82) is 5.26 Å². The number of nitriles is 1. The van der Waals surface area contributed by atoms with Gasteiger partial charge in [0.1, 0.15) is 6.61 Å². The zero-order valence-corrected chi connectivity index (χ0v) is 14.2. The quantitative estimate of drug-likeness (QED) is 0.669. The maximum absolute atomic E-state index is 8.60. The topological polar surface area (TPSA) is 42.2 Å². The van der Waals surface area contributed by atoms with Crippen molar-refractivity contribution in [2.24, 2.45) is 0 Å². The number of ether oxygens (including phenoxy) is 2. The van der Waals surface area contributed by atoms with Crippen LogP contribution in [0.1, 0.15) is 11.1 Å². The van der Waals surface area contributed by atoms with Gasteiger partial charge < -0.3 is 9.47 Å². The second-order valence-electron chi connectivity index (χ2n) is 4.42. The summed E-state index contributed by atoms with van der Waals surface area (Å²) < 4.78 is 12.0. The summed E-state index contributed by atoms with van der Waals surface area (Å²) in [6.45, 7) is 0.378. The van der Waals surface area contributed by atoms with Gasteiger partial charge in [0.25, 0.3) is 0 Å². The van der Waals surface area contributed by atoms with Crippen molar-refractivity contribution in [2.45, 2.75) is 6.61 Å². The lowest BCUT2D eigenvalue weighted by molar-refractivity contribution is 0.282. The van der Waals surface area contributed by atoms with E-state index in [9.17, 15) is 0 Å². The zero-order valence-electron chi connectivity index (χ0n) is 11.8. The summed E-state index contributed by atoms with van der Waals surface area (Å²) in [6, 6.07) is 13.1. The van der Waals surface area contributed by atoms with Crippen LogP contribution in [0.5, 0.6) is 11.5 Å². The largest absolute Gasteiger partial charge is 0.493 e. The van der Waals surface area contributed by atoms with Crippen molar-refractivity contribution < 1.29 is 9.47 Å². The molecule has 0 aliphatic heterocycles. The highest BCUT2D eigenvalue weighted by atomic mass is 79.9. The lowest BCUT2D eigenvalue weighted by Gasteiger charge is -2.13. The molecule has 112 valence electrons. The van der Waals surface area contributed by atoms with E-state index in [0.717, 1.165) is 15.6 Å². The Hall–Kier alpha value is -1.96. The van der Waals surface area contributed by atoms with Crippen LogP contribution in [0.4, 0.5) is 0 Å². The molecule has 0 radical (unpaired) electrons. The van der Waals surface area contributed by atoms with Crippen LogP contribution in [0.2, 0.25) is 5.02 Å². The van der Waals surface area contributed by atoms with E-state index in [1.807, 2.05) is 42.5 Å². The number of allylic oxidation sites excluding steroid dienone is 1. The predicted octanol–water partition coefficient (Wildman–Crippen LogP) is 5.23. The van der Waals surface area contributed by atoms with Crippen molar-refractivity contribution in [3.63, 3.8) is 0 Å². The van der Waals surface area contributed by atoms with Crippen molar-refractivity contribution in [1.82, 2.24) is 0 Å². The first-order valence-electron chi connectivity index (χ1n) is 6.45. The van der Waals surface area contributed by atoms with E-state index >= 15 is 0 Å². The standard InChI is InChI=1S/C17H13BrClNO2/c1-21-16-10-12(5-3-7-20)9-15(18)17(16)22-11-13-4-2-6-14(19)8-13/h2-6,8-10H,11H2,1H3. The van der Waals surface area contributed by atoms with Crippen LogP contribution < -0.4 is 9.47 Å². The summed E-state index contributed by atoms with van der Waals surface area (Å²) in [5.74, 6) is 1.20. The van der Waals surface area contributed by atoms with E-state index in [0.29, 0.717) is 23.1 Å². The number of benzene rings is 2. The normalized spacial score (nSPS) is 10.5. The third-order valence-corrected chi connectivity index (χ3v) is 3.70. The summed E-state index contributed by atoms with van der Waals surface area (Å²) >= 11 is 9.43. The molecule has 0 spiro atoms. The van der Waals surface area contributed by atoms with E-state index in [4.69, 9.17) is 26.3 Å². The van der Waals surface area contributed by atoms with Gasteiger partial charge in [0.2, 0.25) is 0 Å². The van der Waals surface area contributed by atoms with Gasteiger partial charge in [0, 0.05) is 11.1 Å². The fourth-order valence-corrected chi connectivity index (χ4v) is 2.68. The van der Waals surface area contributed by atoms with E-state index < -0.39 is 0 Å². The minimum absolute atomic E-state index is 0.378. The first kappa shape index (κ1) is 16.4. The zero-order chi connectivity index (χ0) is 15.9. The summed E-state index contributed by atoms with van der Waals surface area (Å²) in [4.78, 5) is 0. The SMILES string of the molecule is COc1cc(C=CC#N)cc(Br)c1OCc1cccc(Cl)c1. The molecule has 3 nitrogen and oxygen atoms in total. The maximum Gasteiger partial charge on any atom is 0.175 e. The number of halogens is 2. The monoisotopic (exact) mass is 377 g/mol. The van der Waals surface area contributed by atoms with E-state index in [1.54, 1.807) is 13.2 Å². The minimum Gasteiger partial charge on any atom is -0.493 e. The summed E-state index contributed by atoms with van der Waals surface area (Å²) in [6.07, 6.45) is 3.11. The molecule has 0 heterocycles. The molecule has 0 aromatic heterocycles. The van der Waals surface area contributed by atoms with Gasteiger partial charge in [-0.25, -0.2) is 0 Å². The maximum atomic E-state index is 8.60. The molecule has 0 amide bonds. The molecule has 0 unspecified atom stereocenters. The molecule has 0 saturated carbocycles. The van der Waals surface area contributed by atoms with Crippen molar-refractivity contribution in [3.8, 4) is 17.6 Å². The second kappa shape index (κ2) is 7.88. The number of hydrogen-bond donors (Lipinski definition) is 0. The molecule has 0 N–H and O–H groups in total. The Morgan fingerprint density at radius 2 is 2.14 bits per heavy atom. The molecule has 0 aliphatic carbocycles. The highest BCUT2D eigenvalue weighted by Gasteiger charge is 2.11. The van der Waals surface area contributed by atoms with Gasteiger partial charge in [-0.05, 0) is 57.4 Å². The van der Waals surface area contributed by atoms with Gasteiger partial charge in [0.15, 0.2) is 11.5 Å². The number of nitrogens with zero attached hydrogens (tertiary/aromatic N) is 1. The van der Waals surface area contributed by atoms with Crippen LogP contribution in [0.25, 0.3) is 6.08 Å². The Kier molecular flexibility index (Phi) is 5.88. The van der Waals surface area contributed by atoms with Crippen LogP contribution >= 0.6 is 27.5 Å². The van der Waals surface area contributed by atoms with Crippen LogP contribution in [-0.4, -0.2) is 7.11 Å². The van der Waals surface area contributed by atoms with Gasteiger partial charge in [-0.15, -0.1) is 0 Å². The lowest BCUT2D eigenvalue weighted by atomic mass is 10.2. The Morgan fingerprint density at radius 3 is 2.82 bits per heavy atom. The third-order valence-electron chi connectivity index (χ3n) is 2.87. The molecule has 0 fully saturated rings. The number of rotatable bonds is 5. The molecule has 2 aromatic carbocycles. The molecular formula is C17H13BrClNO2. The summed E-state index contributed by atoms with van der Waals surface area (Å²) in [5.41, 5.74) is 1.82. The van der Waals surface area contributed by atoms with E-state index in [1.165, 1.54) is 6.08 Å². The molecule has 0 saturated heterocycles. The minimum atomic E-state index is 0.378. The Balaban J connectivity index is 2.23. The predicted molar refractivity (Wildman–Crippen MR) is 91.1 cm³/mol. The fraction of sp³-hybridized carbons (Fsp3) is 0.118. The molecule has 22 heavy (non-hydrogen) atoms. The molecule has 5 heteroatoms. The first-order valence-corrected chi connectivity index (χ1v) is 7.62. The Labute approximate surface area is 142 Å². The highest BCUT2D eigenvalue weighted by Crippen LogP contribution is 2.37. The average Bonchev–Trinajstić information content (AvgIpc) is 2.51. The molecule has 0 aliphatic rings. The summed E-state index contributed by atoms with van der Waals surface area (Å²) in [7, 11) is 1.58. The van der Waals surface area contributed by atoms with Crippen molar-refractivity contribution in [2.75, 3.05) is 7.11 Å². The second-order valence-corrected chi connectivity index (χ2v) is 5.71. The van der Waals surface area contributed by atoms with Crippen LogP contribution in [-0.2, 0) is 6.61 Å². The fourth-order valence-electron chi connectivity index (χ4n) is 1.89. The van der Waals surface area contributed by atoms with Gasteiger partial charge in [-0.2, -0.15) is 5.26 Å². The van der Waals surface area contributed by atoms with Crippen molar-refractivity contribution in [3.05, 3.63) is 63.1 Å². The van der Waals surface area contributed by atoms with Crippen molar-refractivity contribution >= 4 is 33.6 Å². The van der Waals surface area contributed by atoms with Crippen LogP contribution in [0, 0.1) is 11.3 Å². The molecule has 2 rings (SSSR count). The molecule has 2 aromatic rings. The number of hydrogen-bond acceptors (Lipinski definition) is 3. The first-order chi connectivity index (χ1) is 10.6. The Morgan fingerprint density at radius 1 is 1.32 bits per heavy atom. The van der Waals surface area contributed by atoms with Gasteiger partial charge in [-0.3, -0.25) is 0 Å². The van der Waals surface area contributed by atoms with Gasteiger partial charge in [0.05, 0.1) is 17.7 Å². The number of methoxy groups -OCH3 is 1. The van der Waals surface area contributed by atoms with Crippen LogP contribution in [0.15, 0.2) is 46.9 Å². The van der Waals surface area contributed by atoms with E-state index in [2.05, 4.69) is 15.9 Å². The third kappa shape index (κ3) is 4.27. The highest BCUT2D eigenvalue weighted by molar-refractivity contribution is 9.10. The molecular weight excluding hydrogens is 366 g/mol. The van der Waals surface area contributed by atoms with Crippen LogP contribution in [0.3, 0.4) is 0 Å². The summed E-state index contributed by atoms with van der Waals surface area (Å²) in [5, 5.41) is 9.27. The lowest BCUT2D eigenvalue weighted by Crippen LogP contribution is -1.99. The molecule has 0 bridgehead atoms. The van der Waals surface area contributed by atoms with Gasteiger partial charge in [-0.1, -0.05) is 23.7 Å². The molecule has 0 atom stereocenters.